The topological polar surface area (TPSA) is 29.5 Å². The minimum Gasteiger partial charge on any atom is -0.392 e. The first-order valence-electron chi connectivity index (χ1n) is 9.50. The molecule has 1 aromatic rings. The molecule has 0 heterocycles. The Morgan fingerprint density at radius 1 is 1.20 bits per heavy atom. The first-order chi connectivity index (χ1) is 11.9. The summed E-state index contributed by atoms with van der Waals surface area (Å²) < 4.78 is 6.15. The molecule has 0 spiro atoms. The van der Waals surface area contributed by atoms with Crippen LogP contribution in [0.15, 0.2) is 54.6 Å². The molecule has 0 radical (unpaired) electrons. The fourth-order valence-electron chi connectivity index (χ4n) is 3.76. The highest BCUT2D eigenvalue weighted by atomic mass is 28.3. The van der Waals surface area contributed by atoms with E-state index in [9.17, 15) is 5.11 Å². The van der Waals surface area contributed by atoms with Crippen molar-refractivity contribution in [2.75, 3.05) is 6.61 Å². The standard InChI is InChI=1S/C22H34O2Si/c1-5-20-14-22(24-16-18-9-7-6-8-10-18)12-11-21(20)13-19(15-23)17-25(2,3)4/h5-10,13,20-23H,1,11-12,14-17H2,2-4H3/b19-13+/t20-,21-,22+/m1/s1. The van der Waals surface area contributed by atoms with Crippen LogP contribution in [-0.4, -0.2) is 25.9 Å². The number of benzene rings is 1. The first kappa shape index (κ1) is 20.2. The Bertz CT molecular complexity index is 559. The van der Waals surface area contributed by atoms with E-state index in [1.807, 2.05) is 6.07 Å². The van der Waals surface area contributed by atoms with E-state index in [1.165, 1.54) is 11.1 Å². The summed E-state index contributed by atoms with van der Waals surface area (Å²) in [6, 6.07) is 11.5. The summed E-state index contributed by atoms with van der Waals surface area (Å²) >= 11 is 0. The summed E-state index contributed by atoms with van der Waals surface area (Å²) in [5, 5.41) is 9.74. The van der Waals surface area contributed by atoms with Crippen molar-refractivity contribution in [3.05, 3.63) is 60.2 Å². The largest absolute Gasteiger partial charge is 0.392 e. The van der Waals surface area contributed by atoms with Gasteiger partial charge in [-0.05, 0) is 42.7 Å². The minimum absolute atomic E-state index is 0.193. The third kappa shape index (κ3) is 6.93. The highest BCUT2D eigenvalue weighted by Gasteiger charge is 2.28. The highest BCUT2D eigenvalue weighted by molar-refractivity contribution is 6.76. The van der Waals surface area contributed by atoms with Gasteiger partial charge in [0.25, 0.3) is 0 Å². The lowest BCUT2D eigenvalue weighted by molar-refractivity contribution is 0.0000716. The Morgan fingerprint density at radius 2 is 1.92 bits per heavy atom. The molecule has 3 atom stereocenters. The molecule has 3 heteroatoms. The van der Waals surface area contributed by atoms with E-state index in [1.54, 1.807) is 0 Å². The van der Waals surface area contributed by atoms with Crippen LogP contribution < -0.4 is 0 Å². The summed E-state index contributed by atoms with van der Waals surface area (Å²) in [5.74, 6) is 0.935. The van der Waals surface area contributed by atoms with Gasteiger partial charge in [0, 0.05) is 8.07 Å². The van der Waals surface area contributed by atoms with E-state index in [-0.39, 0.29) is 6.61 Å². The van der Waals surface area contributed by atoms with Gasteiger partial charge in [0.1, 0.15) is 0 Å². The van der Waals surface area contributed by atoms with Gasteiger partial charge in [0.2, 0.25) is 0 Å². The molecule has 0 amide bonds. The zero-order valence-corrected chi connectivity index (χ0v) is 17.1. The van der Waals surface area contributed by atoms with Crippen molar-refractivity contribution >= 4 is 8.07 Å². The lowest BCUT2D eigenvalue weighted by Gasteiger charge is -2.34. The van der Waals surface area contributed by atoms with Crippen molar-refractivity contribution in [2.24, 2.45) is 11.8 Å². The van der Waals surface area contributed by atoms with Crippen molar-refractivity contribution < 1.29 is 9.84 Å². The van der Waals surface area contributed by atoms with Crippen molar-refractivity contribution in [1.29, 1.82) is 0 Å². The van der Waals surface area contributed by atoms with Crippen molar-refractivity contribution in [3.8, 4) is 0 Å². The lowest BCUT2D eigenvalue weighted by Crippen LogP contribution is -2.28. The third-order valence-electron chi connectivity index (χ3n) is 4.95. The number of ether oxygens (including phenoxy) is 1. The Hall–Kier alpha value is -1.16. The van der Waals surface area contributed by atoms with E-state index in [4.69, 9.17) is 4.74 Å². The van der Waals surface area contributed by atoms with E-state index >= 15 is 0 Å². The van der Waals surface area contributed by atoms with E-state index in [2.05, 4.69) is 62.6 Å². The van der Waals surface area contributed by atoms with Gasteiger partial charge >= 0.3 is 0 Å². The lowest BCUT2D eigenvalue weighted by atomic mass is 9.77. The quantitative estimate of drug-likeness (QED) is 0.496. The number of hydrogen-bond donors (Lipinski definition) is 1. The molecule has 138 valence electrons. The molecule has 0 aliphatic heterocycles. The second kappa shape index (κ2) is 9.51. The Balaban J connectivity index is 1.93. The van der Waals surface area contributed by atoms with Crippen molar-refractivity contribution in [2.45, 2.75) is 57.7 Å². The van der Waals surface area contributed by atoms with Gasteiger partial charge in [0.05, 0.1) is 19.3 Å². The van der Waals surface area contributed by atoms with Crippen molar-refractivity contribution in [3.63, 3.8) is 0 Å². The molecule has 25 heavy (non-hydrogen) atoms. The SMILES string of the molecule is C=C[C@@H]1C[C@@H](OCc2ccccc2)CC[C@@H]1/C=C(\CO)C[Si](C)(C)C. The fraction of sp³-hybridized carbons (Fsp3) is 0.545. The van der Waals surface area contributed by atoms with E-state index < -0.39 is 8.07 Å². The zero-order valence-electron chi connectivity index (χ0n) is 16.1. The van der Waals surface area contributed by atoms with Crippen LogP contribution in [0.5, 0.6) is 0 Å². The second-order valence-electron chi connectivity index (χ2n) is 8.52. The minimum atomic E-state index is -1.20. The Morgan fingerprint density at radius 3 is 2.52 bits per heavy atom. The molecule has 0 unspecified atom stereocenters. The fourth-order valence-corrected chi connectivity index (χ4v) is 5.35. The summed E-state index contributed by atoms with van der Waals surface area (Å²) in [6.07, 6.45) is 7.97. The zero-order chi connectivity index (χ0) is 18.3. The summed E-state index contributed by atoms with van der Waals surface area (Å²) in [4.78, 5) is 0. The van der Waals surface area contributed by atoms with Crippen LogP contribution in [0.2, 0.25) is 25.7 Å². The predicted molar refractivity (Wildman–Crippen MR) is 109 cm³/mol. The van der Waals surface area contributed by atoms with Gasteiger partial charge in [-0.25, -0.2) is 0 Å². The van der Waals surface area contributed by atoms with Gasteiger partial charge in [0.15, 0.2) is 0 Å². The first-order valence-corrected chi connectivity index (χ1v) is 13.2. The Kier molecular flexibility index (Phi) is 7.67. The monoisotopic (exact) mass is 358 g/mol. The third-order valence-corrected chi connectivity index (χ3v) is 6.46. The number of aliphatic hydroxyl groups is 1. The molecule has 1 saturated carbocycles. The Labute approximate surface area is 154 Å². The molecule has 0 saturated heterocycles. The molecule has 2 rings (SSSR count). The van der Waals surface area contributed by atoms with Crippen LogP contribution in [0, 0.1) is 11.8 Å². The van der Waals surface area contributed by atoms with Crippen molar-refractivity contribution in [1.82, 2.24) is 0 Å². The van der Waals surface area contributed by atoms with Gasteiger partial charge in [-0.15, -0.1) is 6.58 Å². The van der Waals surface area contributed by atoms with Crippen LogP contribution in [0.25, 0.3) is 0 Å². The van der Waals surface area contributed by atoms with Crippen LogP contribution in [0.1, 0.15) is 24.8 Å². The van der Waals surface area contributed by atoms with Gasteiger partial charge in [-0.3, -0.25) is 0 Å². The smallest absolute Gasteiger partial charge is 0.0720 e. The number of aliphatic hydroxyl groups excluding tert-OH is 1. The van der Waals surface area contributed by atoms with Gasteiger partial charge in [-0.2, -0.15) is 0 Å². The van der Waals surface area contributed by atoms with Gasteiger partial charge in [-0.1, -0.05) is 67.7 Å². The average Bonchev–Trinajstić information content (AvgIpc) is 2.59. The van der Waals surface area contributed by atoms with Crippen LogP contribution in [0.3, 0.4) is 0 Å². The van der Waals surface area contributed by atoms with E-state index in [0.717, 1.165) is 25.3 Å². The molecule has 1 fully saturated rings. The highest BCUT2D eigenvalue weighted by Crippen LogP contribution is 2.35. The molecule has 2 nitrogen and oxygen atoms in total. The van der Waals surface area contributed by atoms with Crippen LogP contribution in [0.4, 0.5) is 0 Å². The normalized spacial score (nSPS) is 25.0. The molecular weight excluding hydrogens is 324 g/mol. The maximum Gasteiger partial charge on any atom is 0.0720 e. The summed E-state index contributed by atoms with van der Waals surface area (Å²) in [6.45, 7) is 12.0. The average molecular weight is 359 g/mol. The second-order valence-corrected chi connectivity index (χ2v) is 14.0. The van der Waals surface area contributed by atoms with Gasteiger partial charge < -0.3 is 9.84 Å². The molecule has 1 aliphatic carbocycles. The molecule has 0 bridgehead atoms. The van der Waals surface area contributed by atoms with Crippen LogP contribution >= 0.6 is 0 Å². The summed E-state index contributed by atoms with van der Waals surface area (Å²) in [7, 11) is -1.20. The summed E-state index contributed by atoms with van der Waals surface area (Å²) in [5.41, 5.74) is 2.46. The molecule has 0 aromatic heterocycles. The number of allylic oxidation sites excluding steroid dienone is 2. The van der Waals surface area contributed by atoms with E-state index in [0.29, 0.717) is 24.5 Å². The molecular formula is C22H34O2Si. The predicted octanol–water partition coefficient (Wildman–Crippen LogP) is 5.43. The number of rotatable bonds is 8. The molecule has 1 N–H and O–H groups in total. The van der Waals surface area contributed by atoms with Crippen LogP contribution in [-0.2, 0) is 11.3 Å². The molecule has 1 aliphatic rings. The molecule has 1 aromatic carbocycles. The number of hydrogen-bond acceptors (Lipinski definition) is 2. The maximum absolute atomic E-state index is 9.74. The maximum atomic E-state index is 9.74.